The van der Waals surface area contributed by atoms with E-state index >= 15 is 0 Å². The fourth-order valence-corrected chi connectivity index (χ4v) is 4.39. The first-order chi connectivity index (χ1) is 17.1. The Morgan fingerprint density at radius 2 is 1.75 bits per heavy atom. The molecule has 0 spiro atoms. The number of nitrogens with one attached hydrogen (secondary N) is 1. The van der Waals surface area contributed by atoms with Gasteiger partial charge >= 0.3 is 0 Å². The quantitative estimate of drug-likeness (QED) is 0.395. The maximum Gasteiger partial charge on any atom is 0.239 e. The van der Waals surface area contributed by atoms with E-state index < -0.39 is 0 Å². The molecule has 1 amide bonds. The summed E-state index contributed by atoms with van der Waals surface area (Å²) in [5.41, 5.74) is 6.63. The van der Waals surface area contributed by atoms with Crippen molar-refractivity contribution in [2.75, 3.05) is 28.3 Å². The molecule has 1 aromatic carbocycles. The van der Waals surface area contributed by atoms with Crippen molar-refractivity contribution in [1.29, 1.82) is 0 Å². The van der Waals surface area contributed by atoms with Crippen molar-refractivity contribution in [1.82, 2.24) is 34.6 Å². The molecule has 0 saturated heterocycles. The van der Waals surface area contributed by atoms with E-state index in [0.717, 1.165) is 33.6 Å². The number of pyridine rings is 1. The Bertz CT molecular complexity index is 1350. The van der Waals surface area contributed by atoms with Gasteiger partial charge in [0.15, 0.2) is 11.4 Å². The number of nitrogens with zero attached hydrogens (tertiary/aromatic N) is 6. The van der Waals surface area contributed by atoms with Crippen molar-refractivity contribution >= 4 is 11.6 Å². The highest BCUT2D eigenvalue weighted by molar-refractivity contribution is 5.81. The second kappa shape index (κ2) is 10.1. The van der Waals surface area contributed by atoms with E-state index in [0.29, 0.717) is 11.4 Å². The minimum absolute atomic E-state index is 0.0462. The summed E-state index contributed by atoms with van der Waals surface area (Å²) in [6.07, 6.45) is 3.44. The van der Waals surface area contributed by atoms with Crippen molar-refractivity contribution in [2.45, 2.75) is 45.7 Å². The van der Waals surface area contributed by atoms with Crippen molar-refractivity contribution in [3.05, 3.63) is 54.0 Å². The third-order valence-corrected chi connectivity index (χ3v) is 6.96. The Hall–Kier alpha value is -3.72. The highest BCUT2D eigenvalue weighted by Gasteiger charge is 2.25. The van der Waals surface area contributed by atoms with Gasteiger partial charge in [-0.25, -0.2) is 9.50 Å². The van der Waals surface area contributed by atoms with Gasteiger partial charge in [0.05, 0.1) is 30.6 Å². The summed E-state index contributed by atoms with van der Waals surface area (Å²) >= 11 is 0. The number of amides is 1. The highest BCUT2D eigenvalue weighted by atomic mass is 16.5. The van der Waals surface area contributed by atoms with E-state index in [1.165, 1.54) is 6.33 Å². The Kier molecular flexibility index (Phi) is 7.12. The number of benzene rings is 1. The minimum Gasteiger partial charge on any atom is -0.493 e. The van der Waals surface area contributed by atoms with Crippen LogP contribution in [0.5, 0.6) is 5.75 Å². The maximum atomic E-state index is 12.8. The fraction of sp³-hybridized carbons (Fsp3) is 0.407. The van der Waals surface area contributed by atoms with Crippen molar-refractivity contribution < 1.29 is 9.53 Å². The van der Waals surface area contributed by atoms with Crippen LogP contribution in [0.25, 0.3) is 28.2 Å². The average molecular weight is 490 g/mol. The normalized spacial score (nSPS) is 13.4. The Morgan fingerprint density at radius 1 is 1.06 bits per heavy atom. The zero-order valence-corrected chi connectivity index (χ0v) is 22.3. The smallest absolute Gasteiger partial charge is 0.239 e. The number of aromatic nitrogens is 5. The lowest BCUT2D eigenvalue weighted by Gasteiger charge is -2.30. The molecule has 0 fully saturated rings. The monoisotopic (exact) mass is 489 g/mol. The molecule has 0 bridgehead atoms. The zero-order chi connectivity index (χ0) is 26.1. The summed E-state index contributed by atoms with van der Waals surface area (Å²) < 4.78 is 7.26. The van der Waals surface area contributed by atoms with Crippen LogP contribution < -0.4 is 4.74 Å². The number of aromatic amines is 1. The van der Waals surface area contributed by atoms with Crippen LogP contribution in [-0.2, 0) is 4.79 Å². The molecule has 0 radical (unpaired) electrons. The van der Waals surface area contributed by atoms with Gasteiger partial charge in [0.25, 0.3) is 0 Å². The average Bonchev–Trinajstić information content (AvgIpc) is 3.53. The third kappa shape index (κ3) is 4.58. The lowest BCUT2D eigenvalue weighted by molar-refractivity contribution is -0.136. The molecular formula is C27H35N7O2. The first-order valence-corrected chi connectivity index (χ1v) is 12.1. The summed E-state index contributed by atoms with van der Waals surface area (Å²) in [4.78, 5) is 20.8. The van der Waals surface area contributed by atoms with Crippen LogP contribution in [0.2, 0.25) is 0 Å². The van der Waals surface area contributed by atoms with Gasteiger partial charge in [-0.3, -0.25) is 14.8 Å². The molecule has 3 heterocycles. The molecule has 3 aromatic heterocycles. The van der Waals surface area contributed by atoms with Crippen molar-refractivity contribution in [3.8, 4) is 28.3 Å². The van der Waals surface area contributed by atoms with Gasteiger partial charge in [-0.1, -0.05) is 38.1 Å². The number of fused-ring (bicyclic) bond motifs is 1. The molecule has 1 N–H and O–H groups in total. The lowest BCUT2D eigenvalue weighted by atomic mass is 9.93. The van der Waals surface area contributed by atoms with E-state index in [1.807, 2.05) is 45.2 Å². The van der Waals surface area contributed by atoms with E-state index in [1.54, 1.807) is 16.5 Å². The van der Waals surface area contributed by atoms with E-state index in [2.05, 4.69) is 60.2 Å². The van der Waals surface area contributed by atoms with E-state index in [-0.39, 0.29) is 23.9 Å². The standard InChI is InChI=1S/C27H35N7O2/c1-16(2)23-24(30-31-25(23)21-13-22(36-8)26-28-15-29-34(26)14-21)20-11-9-19(10-12-20)17(3)33(7)27(35)18(4)32(5)6/h9-18H,1-8H3,(H,30,31)/t17-,18-/m0/s1. The molecule has 0 unspecified atom stereocenters. The molecule has 2 atom stereocenters. The Balaban J connectivity index is 1.67. The summed E-state index contributed by atoms with van der Waals surface area (Å²) in [6, 6.07) is 10.0. The topological polar surface area (TPSA) is 91.7 Å². The molecule has 0 saturated carbocycles. The first kappa shape index (κ1) is 25.4. The molecule has 36 heavy (non-hydrogen) atoms. The van der Waals surface area contributed by atoms with Crippen molar-refractivity contribution in [2.24, 2.45) is 0 Å². The summed E-state index contributed by atoms with van der Waals surface area (Å²) in [7, 11) is 7.32. The molecule has 4 aromatic rings. The van der Waals surface area contributed by atoms with Gasteiger partial charge < -0.3 is 9.64 Å². The summed E-state index contributed by atoms with van der Waals surface area (Å²) in [6.45, 7) is 8.29. The van der Waals surface area contributed by atoms with Gasteiger partial charge in [0.2, 0.25) is 5.91 Å². The summed E-state index contributed by atoms with van der Waals surface area (Å²) in [5, 5.41) is 12.2. The molecule has 9 nitrogen and oxygen atoms in total. The number of rotatable bonds is 8. The predicted molar refractivity (Wildman–Crippen MR) is 141 cm³/mol. The maximum absolute atomic E-state index is 12.8. The minimum atomic E-state index is -0.178. The number of carbonyl (C=O) groups is 1. The number of methoxy groups -OCH3 is 1. The number of H-pyrrole nitrogens is 1. The molecule has 0 aliphatic heterocycles. The van der Waals surface area contributed by atoms with Crippen LogP contribution in [0.4, 0.5) is 0 Å². The largest absolute Gasteiger partial charge is 0.493 e. The van der Waals surface area contributed by atoms with Gasteiger partial charge in [0.1, 0.15) is 6.33 Å². The van der Waals surface area contributed by atoms with Crippen LogP contribution in [0.15, 0.2) is 42.9 Å². The van der Waals surface area contributed by atoms with Crippen LogP contribution >= 0.6 is 0 Å². The Morgan fingerprint density at radius 3 is 2.36 bits per heavy atom. The lowest BCUT2D eigenvalue weighted by Crippen LogP contribution is -2.43. The number of likely N-dealkylation sites (N-methyl/N-ethyl adjacent to an activating group) is 2. The number of hydrogen-bond donors (Lipinski definition) is 1. The van der Waals surface area contributed by atoms with Crippen LogP contribution in [0.1, 0.15) is 50.8 Å². The molecule has 0 aliphatic rings. The second-order valence-corrected chi connectivity index (χ2v) is 9.73. The summed E-state index contributed by atoms with van der Waals surface area (Å²) in [5.74, 6) is 0.966. The molecule has 9 heteroatoms. The number of carbonyl (C=O) groups excluding carboxylic acids is 1. The van der Waals surface area contributed by atoms with Gasteiger partial charge in [-0.2, -0.15) is 10.2 Å². The molecule has 0 aliphatic carbocycles. The SMILES string of the molecule is COc1cc(-c2[nH]nc(-c3ccc([C@H](C)N(C)C(=O)[C@H](C)N(C)C)cc3)c2C(C)C)cn2ncnc12. The van der Waals surface area contributed by atoms with E-state index in [4.69, 9.17) is 9.84 Å². The van der Waals surface area contributed by atoms with Crippen molar-refractivity contribution in [3.63, 3.8) is 0 Å². The number of ether oxygens (including phenoxy) is 1. The second-order valence-electron chi connectivity index (χ2n) is 9.73. The fourth-order valence-electron chi connectivity index (χ4n) is 4.39. The van der Waals surface area contributed by atoms with Crippen LogP contribution in [0, 0.1) is 0 Å². The van der Waals surface area contributed by atoms with Gasteiger partial charge in [-0.05, 0) is 45.5 Å². The van der Waals surface area contributed by atoms with Crippen LogP contribution in [-0.4, -0.2) is 74.8 Å². The number of hydrogen-bond acceptors (Lipinski definition) is 6. The molecule has 190 valence electrons. The first-order valence-electron chi connectivity index (χ1n) is 12.1. The van der Waals surface area contributed by atoms with Gasteiger partial charge in [-0.15, -0.1) is 0 Å². The van der Waals surface area contributed by atoms with E-state index in [9.17, 15) is 4.79 Å². The third-order valence-electron chi connectivity index (χ3n) is 6.96. The molecule has 4 rings (SSSR count). The van der Waals surface area contributed by atoms with Gasteiger partial charge in [0, 0.05) is 29.9 Å². The van der Waals surface area contributed by atoms with Crippen LogP contribution in [0.3, 0.4) is 0 Å². The predicted octanol–water partition coefficient (Wildman–Crippen LogP) is 4.39. The zero-order valence-electron chi connectivity index (χ0n) is 22.3. The molecular weight excluding hydrogens is 454 g/mol. The Labute approximate surface area is 212 Å². The highest BCUT2D eigenvalue weighted by Crippen LogP contribution is 2.37.